The van der Waals surface area contributed by atoms with E-state index < -0.39 is 13.5 Å². The molecule has 1 aliphatic carbocycles. The summed E-state index contributed by atoms with van der Waals surface area (Å²) >= 11 is 0. The van der Waals surface area contributed by atoms with Crippen LogP contribution in [0.3, 0.4) is 0 Å². The predicted octanol–water partition coefficient (Wildman–Crippen LogP) is 6.87. The molecule has 0 bridgehead atoms. The molecule has 0 fully saturated rings. The average Bonchev–Trinajstić information content (AvgIpc) is 3.68. The summed E-state index contributed by atoms with van der Waals surface area (Å²) < 4.78 is 0. The van der Waals surface area contributed by atoms with Crippen molar-refractivity contribution in [2.45, 2.75) is 5.41 Å². The van der Waals surface area contributed by atoms with Crippen molar-refractivity contribution in [3.63, 3.8) is 0 Å². The Morgan fingerprint density at radius 1 is 0.338 bits per heavy atom. The lowest BCUT2D eigenvalue weighted by Gasteiger charge is -2.50. The maximum Gasteiger partial charge on any atom is 0.246 e. The summed E-state index contributed by atoms with van der Waals surface area (Å²) in [5.74, 6) is 0. The van der Waals surface area contributed by atoms with E-state index in [4.69, 9.17) is 0 Å². The number of nitrogens with zero attached hydrogens (tertiary/aromatic N) is 1. The van der Waals surface area contributed by atoms with Crippen LogP contribution in [0.2, 0.25) is 0 Å². The molecule has 0 radical (unpaired) electrons. The number of para-hydroxylation sites is 2. The molecule has 0 saturated heterocycles. The third-order valence-electron chi connectivity index (χ3n) is 15.4. The largest absolute Gasteiger partial charge is 0.312 e. The zero-order chi connectivity index (χ0) is 42.7. The SMILES string of the molecule is c1ccc(N2c3ccccc3B3c4ccccc4[Si]4(c5ccccc5B(c5ccc6c(c5)C(c5ccccc5)(c5ccccc5)c5ccccc5-6)c5ccccc54)c4cccc2c43)cc1. The van der Waals surface area contributed by atoms with Gasteiger partial charge in [-0.25, -0.2) is 0 Å². The van der Waals surface area contributed by atoms with Crippen molar-refractivity contribution >= 4 is 92.1 Å². The first-order valence-corrected chi connectivity index (χ1v) is 25.0. The minimum atomic E-state index is -2.97. The number of hydrogen-bond acceptors (Lipinski definition) is 1. The van der Waals surface area contributed by atoms with Crippen LogP contribution in [0.4, 0.5) is 17.1 Å². The quantitative estimate of drug-likeness (QED) is 0.175. The van der Waals surface area contributed by atoms with Crippen LogP contribution >= 0.6 is 0 Å². The van der Waals surface area contributed by atoms with Crippen molar-refractivity contribution < 1.29 is 0 Å². The van der Waals surface area contributed by atoms with Gasteiger partial charge in [0.15, 0.2) is 8.07 Å². The van der Waals surface area contributed by atoms with Gasteiger partial charge in [-0.15, -0.1) is 0 Å². The molecule has 10 aromatic rings. The Morgan fingerprint density at radius 2 is 0.815 bits per heavy atom. The molecule has 0 aromatic heterocycles. The molecule has 300 valence electrons. The van der Waals surface area contributed by atoms with Gasteiger partial charge in [0.25, 0.3) is 0 Å². The van der Waals surface area contributed by atoms with E-state index in [1.807, 2.05) is 0 Å². The molecule has 3 aliphatic heterocycles. The fourth-order valence-corrected chi connectivity index (χ4v) is 18.9. The highest BCUT2D eigenvalue weighted by Gasteiger charge is 2.57. The maximum atomic E-state index is 2.59. The van der Waals surface area contributed by atoms with Gasteiger partial charge in [0.05, 0.1) is 5.41 Å². The summed E-state index contributed by atoms with van der Waals surface area (Å²) in [6.07, 6.45) is 0. The lowest BCUT2D eigenvalue weighted by molar-refractivity contribution is 0.769. The molecule has 4 aliphatic rings. The van der Waals surface area contributed by atoms with Crippen LogP contribution in [0.1, 0.15) is 22.3 Å². The topological polar surface area (TPSA) is 3.24 Å². The van der Waals surface area contributed by atoms with Gasteiger partial charge in [-0.2, -0.15) is 0 Å². The summed E-state index contributed by atoms with van der Waals surface area (Å²) in [5.41, 5.74) is 19.6. The number of benzene rings is 10. The minimum Gasteiger partial charge on any atom is -0.312 e. The summed E-state index contributed by atoms with van der Waals surface area (Å²) in [5, 5.41) is 6.00. The highest BCUT2D eigenvalue weighted by molar-refractivity contribution is 7.31. The summed E-state index contributed by atoms with van der Waals surface area (Å²) in [6, 6.07) is 95.0. The molecule has 1 spiro atoms. The molecule has 0 amide bonds. The molecule has 4 heteroatoms. The van der Waals surface area contributed by atoms with Crippen LogP contribution in [0, 0.1) is 0 Å². The lowest BCUT2D eigenvalue weighted by atomic mass is 9.34. The molecule has 0 N–H and O–H groups in total. The van der Waals surface area contributed by atoms with Gasteiger partial charge < -0.3 is 4.90 Å². The predicted molar refractivity (Wildman–Crippen MR) is 278 cm³/mol. The third kappa shape index (κ3) is 4.79. The van der Waals surface area contributed by atoms with Crippen LogP contribution in [0.15, 0.2) is 249 Å². The van der Waals surface area contributed by atoms with Gasteiger partial charge in [0.2, 0.25) is 13.4 Å². The van der Waals surface area contributed by atoms with E-state index in [0.717, 1.165) is 0 Å². The average molecular weight is 838 g/mol. The second kappa shape index (κ2) is 13.9. The zero-order valence-electron chi connectivity index (χ0n) is 35.8. The van der Waals surface area contributed by atoms with E-state index in [1.54, 1.807) is 0 Å². The monoisotopic (exact) mass is 837 g/mol. The van der Waals surface area contributed by atoms with E-state index in [1.165, 1.54) is 104 Å². The first-order chi connectivity index (χ1) is 32.3. The van der Waals surface area contributed by atoms with Crippen molar-refractivity contribution in [3.8, 4) is 11.1 Å². The zero-order valence-corrected chi connectivity index (χ0v) is 36.8. The van der Waals surface area contributed by atoms with E-state index in [0.29, 0.717) is 0 Å². The molecule has 0 atom stereocenters. The Kier molecular flexibility index (Phi) is 7.88. The van der Waals surface area contributed by atoms with Crippen molar-refractivity contribution in [2.75, 3.05) is 4.90 Å². The fourth-order valence-electron chi connectivity index (χ4n) is 13.1. The Bertz CT molecular complexity index is 3450. The van der Waals surface area contributed by atoms with Gasteiger partial charge in [-0.3, -0.25) is 0 Å². The Morgan fingerprint density at radius 3 is 1.46 bits per heavy atom. The summed E-state index contributed by atoms with van der Waals surface area (Å²) in [7, 11) is -2.97. The number of rotatable bonds is 4. The van der Waals surface area contributed by atoms with Crippen LogP contribution in [-0.2, 0) is 5.41 Å². The molecule has 1 nitrogen and oxygen atoms in total. The Labute approximate surface area is 382 Å². The van der Waals surface area contributed by atoms with Gasteiger partial charge in [-0.1, -0.05) is 246 Å². The molecular weight excluding hydrogens is 796 g/mol. The maximum absolute atomic E-state index is 2.97. The summed E-state index contributed by atoms with van der Waals surface area (Å²) in [4.78, 5) is 2.53. The van der Waals surface area contributed by atoms with E-state index >= 15 is 0 Å². The molecule has 3 heterocycles. The number of fused-ring (bicyclic) bond motifs is 13. The Balaban J connectivity index is 1.05. The Hall–Kier alpha value is -7.65. The standard InChI is InChI=1S/C61H41B2NSi/c1-4-21-42(22-5-1)61(43-23-6-2-7-24-43)48-28-11-10-27-46(48)47-40-39-44(41-49(47)61)62-51-30-13-17-35-56(51)65(57-36-18-14-31-52(57)62)58-37-19-15-32-53(58)63-50-29-12-16-33-54(50)64(45-25-8-3-9-26-45)55-34-20-38-59(65)60(55)63/h1-41H. The molecule has 0 saturated carbocycles. The van der Waals surface area contributed by atoms with Crippen LogP contribution in [0.5, 0.6) is 0 Å². The molecule has 10 aromatic carbocycles. The van der Waals surface area contributed by atoms with Crippen LogP contribution in [-0.4, -0.2) is 21.5 Å². The smallest absolute Gasteiger partial charge is 0.246 e. The van der Waals surface area contributed by atoms with Gasteiger partial charge in [-0.05, 0) is 89.3 Å². The summed E-state index contributed by atoms with van der Waals surface area (Å²) in [6.45, 7) is 0.149. The molecule has 14 rings (SSSR count). The first kappa shape index (κ1) is 36.8. The van der Waals surface area contributed by atoms with Crippen molar-refractivity contribution in [1.82, 2.24) is 0 Å². The molecular formula is C61H41B2NSi. The van der Waals surface area contributed by atoms with Crippen LogP contribution < -0.4 is 58.4 Å². The van der Waals surface area contributed by atoms with Gasteiger partial charge in [0, 0.05) is 17.1 Å². The second-order valence-electron chi connectivity index (χ2n) is 18.2. The van der Waals surface area contributed by atoms with Crippen molar-refractivity contribution in [2.24, 2.45) is 0 Å². The number of anilines is 3. The van der Waals surface area contributed by atoms with Gasteiger partial charge >= 0.3 is 0 Å². The highest BCUT2D eigenvalue weighted by Crippen LogP contribution is 2.55. The van der Waals surface area contributed by atoms with E-state index in [-0.39, 0.29) is 13.4 Å². The lowest BCUT2D eigenvalue weighted by Crippen LogP contribution is -2.93. The second-order valence-corrected chi connectivity index (χ2v) is 21.8. The van der Waals surface area contributed by atoms with E-state index in [9.17, 15) is 0 Å². The molecule has 0 unspecified atom stereocenters. The van der Waals surface area contributed by atoms with Crippen LogP contribution in [0.25, 0.3) is 11.1 Å². The fraction of sp³-hybridized carbons (Fsp3) is 0.0164. The van der Waals surface area contributed by atoms with Crippen molar-refractivity contribution in [1.29, 1.82) is 0 Å². The minimum absolute atomic E-state index is 0.0322. The normalized spacial score (nSPS) is 14.9. The third-order valence-corrected chi connectivity index (χ3v) is 20.4. The number of hydrogen-bond donors (Lipinski definition) is 0. The highest BCUT2D eigenvalue weighted by atomic mass is 28.3. The first-order valence-electron chi connectivity index (χ1n) is 23.0. The van der Waals surface area contributed by atoms with Crippen molar-refractivity contribution in [3.05, 3.63) is 271 Å². The van der Waals surface area contributed by atoms with Gasteiger partial charge in [0.1, 0.15) is 0 Å². The van der Waals surface area contributed by atoms with E-state index in [2.05, 4.69) is 254 Å². The molecule has 65 heavy (non-hydrogen) atoms.